The molecule has 2 aliphatic carbocycles. The van der Waals surface area contributed by atoms with Crippen LogP contribution in [-0.4, -0.2) is 5.78 Å². The Hall–Kier alpha value is -0.850. The van der Waals surface area contributed by atoms with E-state index >= 15 is 0 Å². The first kappa shape index (κ1) is 9.70. The highest BCUT2D eigenvalue weighted by atomic mass is 16.1. The monoisotopic (exact) mass is 190 g/mol. The van der Waals surface area contributed by atoms with E-state index in [1.165, 1.54) is 6.42 Å². The number of ketones is 1. The van der Waals surface area contributed by atoms with Crippen LogP contribution in [0, 0.1) is 11.3 Å². The van der Waals surface area contributed by atoms with Gasteiger partial charge in [-0.3, -0.25) is 4.79 Å². The molecule has 0 bridgehead atoms. The van der Waals surface area contributed by atoms with Crippen LogP contribution in [0.5, 0.6) is 0 Å². The topological polar surface area (TPSA) is 17.1 Å². The molecule has 2 atom stereocenters. The summed E-state index contributed by atoms with van der Waals surface area (Å²) in [4.78, 5) is 11.8. The molecule has 0 spiro atoms. The number of rotatable bonds is 1. The van der Waals surface area contributed by atoms with Crippen molar-refractivity contribution in [3.05, 3.63) is 24.3 Å². The Labute approximate surface area is 85.9 Å². The smallest absolute Gasteiger partial charge is 0.136 e. The maximum atomic E-state index is 11.8. The summed E-state index contributed by atoms with van der Waals surface area (Å²) in [6, 6.07) is 0. The summed E-state index contributed by atoms with van der Waals surface area (Å²) < 4.78 is 0. The van der Waals surface area contributed by atoms with E-state index in [9.17, 15) is 4.79 Å². The summed E-state index contributed by atoms with van der Waals surface area (Å²) >= 11 is 0. The predicted octanol–water partition coefficient (Wildman–Crippen LogP) is 3.27. The van der Waals surface area contributed by atoms with Gasteiger partial charge in [0, 0.05) is 12.3 Å². The van der Waals surface area contributed by atoms with E-state index in [1.54, 1.807) is 0 Å². The zero-order chi connectivity index (χ0) is 10.0. The van der Waals surface area contributed by atoms with E-state index in [-0.39, 0.29) is 11.3 Å². The van der Waals surface area contributed by atoms with Crippen LogP contribution in [0.15, 0.2) is 24.3 Å². The summed E-state index contributed by atoms with van der Waals surface area (Å²) in [7, 11) is 0. The highest BCUT2D eigenvalue weighted by molar-refractivity contribution is 5.82. The quantitative estimate of drug-likeness (QED) is 0.620. The summed E-state index contributed by atoms with van der Waals surface area (Å²) in [5.74, 6) is 0.760. The lowest BCUT2D eigenvalue weighted by atomic mass is 9.66. The summed E-state index contributed by atoms with van der Waals surface area (Å²) in [6.45, 7) is 2.22. The SMILES string of the molecule is CC1(C2CCCCC2=O)C=CC=CC1. The fourth-order valence-electron chi connectivity index (χ4n) is 2.68. The molecule has 0 radical (unpaired) electrons. The van der Waals surface area contributed by atoms with Crippen LogP contribution in [0.2, 0.25) is 0 Å². The molecule has 0 N–H and O–H groups in total. The molecule has 1 fully saturated rings. The number of hydrogen-bond acceptors (Lipinski definition) is 1. The molecule has 1 heteroatoms. The van der Waals surface area contributed by atoms with Crippen LogP contribution >= 0.6 is 0 Å². The van der Waals surface area contributed by atoms with Gasteiger partial charge in [-0.1, -0.05) is 37.6 Å². The largest absolute Gasteiger partial charge is 0.299 e. The van der Waals surface area contributed by atoms with Gasteiger partial charge in [-0.25, -0.2) is 0 Å². The summed E-state index contributed by atoms with van der Waals surface area (Å²) in [6.07, 6.45) is 13.8. The first-order valence-electron chi connectivity index (χ1n) is 5.59. The molecule has 0 aromatic rings. The van der Waals surface area contributed by atoms with Gasteiger partial charge in [0.25, 0.3) is 0 Å². The van der Waals surface area contributed by atoms with Gasteiger partial charge in [-0.2, -0.15) is 0 Å². The molecule has 1 saturated carbocycles. The van der Waals surface area contributed by atoms with Crippen LogP contribution in [-0.2, 0) is 4.79 Å². The lowest BCUT2D eigenvalue weighted by Gasteiger charge is -2.37. The third kappa shape index (κ3) is 1.68. The third-order valence-corrected chi connectivity index (χ3v) is 3.63. The summed E-state index contributed by atoms with van der Waals surface area (Å²) in [5, 5.41) is 0. The van der Waals surface area contributed by atoms with Gasteiger partial charge < -0.3 is 0 Å². The Morgan fingerprint density at radius 2 is 2.21 bits per heavy atom. The van der Waals surface area contributed by atoms with Crippen LogP contribution in [0.3, 0.4) is 0 Å². The number of carbonyl (C=O) groups is 1. The van der Waals surface area contributed by atoms with Gasteiger partial charge in [-0.15, -0.1) is 0 Å². The van der Waals surface area contributed by atoms with Crippen molar-refractivity contribution in [3.8, 4) is 0 Å². The van der Waals surface area contributed by atoms with Gasteiger partial charge >= 0.3 is 0 Å². The van der Waals surface area contributed by atoms with Crippen molar-refractivity contribution < 1.29 is 4.79 Å². The maximum absolute atomic E-state index is 11.8. The molecule has 1 nitrogen and oxygen atoms in total. The van der Waals surface area contributed by atoms with Gasteiger partial charge in [0.2, 0.25) is 0 Å². The van der Waals surface area contributed by atoms with Crippen LogP contribution < -0.4 is 0 Å². The minimum absolute atomic E-state index is 0.103. The molecular formula is C13H18O. The van der Waals surface area contributed by atoms with Crippen molar-refractivity contribution in [2.45, 2.75) is 39.0 Å². The van der Waals surface area contributed by atoms with Crippen molar-refractivity contribution in [1.82, 2.24) is 0 Å². The third-order valence-electron chi connectivity index (χ3n) is 3.63. The zero-order valence-electron chi connectivity index (χ0n) is 8.83. The highest BCUT2D eigenvalue weighted by Crippen LogP contribution is 2.41. The number of hydrogen-bond donors (Lipinski definition) is 0. The Morgan fingerprint density at radius 1 is 1.36 bits per heavy atom. The molecule has 14 heavy (non-hydrogen) atoms. The van der Waals surface area contributed by atoms with Crippen molar-refractivity contribution in [1.29, 1.82) is 0 Å². The minimum atomic E-state index is 0.103. The Bertz CT molecular complexity index is 288. The Balaban J connectivity index is 2.16. The molecule has 2 unspecified atom stereocenters. The van der Waals surface area contributed by atoms with E-state index in [1.807, 2.05) is 0 Å². The molecule has 2 rings (SSSR count). The molecular weight excluding hydrogens is 172 g/mol. The normalized spacial score (nSPS) is 37.5. The fourth-order valence-corrected chi connectivity index (χ4v) is 2.68. The summed E-state index contributed by atoms with van der Waals surface area (Å²) in [5.41, 5.74) is 0.103. The number of Topliss-reactive ketones (excluding diaryl/α,β-unsaturated/α-hetero) is 1. The van der Waals surface area contributed by atoms with Crippen molar-refractivity contribution >= 4 is 5.78 Å². The average molecular weight is 190 g/mol. The zero-order valence-corrected chi connectivity index (χ0v) is 8.83. The van der Waals surface area contributed by atoms with Gasteiger partial charge in [0.05, 0.1) is 0 Å². The average Bonchev–Trinajstić information content (AvgIpc) is 2.19. The molecule has 0 heterocycles. The number of carbonyl (C=O) groups excluding carboxylic acids is 1. The van der Waals surface area contributed by atoms with Gasteiger partial charge in [-0.05, 0) is 24.7 Å². The van der Waals surface area contributed by atoms with Crippen LogP contribution in [0.25, 0.3) is 0 Å². The highest BCUT2D eigenvalue weighted by Gasteiger charge is 2.37. The molecule has 0 amide bonds. The molecule has 0 aliphatic heterocycles. The second-order valence-corrected chi connectivity index (χ2v) is 4.76. The molecule has 0 saturated heterocycles. The van der Waals surface area contributed by atoms with Gasteiger partial charge in [0.15, 0.2) is 0 Å². The standard InChI is InChI=1S/C13H18O/c1-13(9-5-2-6-10-13)11-7-3-4-8-12(11)14/h2,5-6,9,11H,3-4,7-8,10H2,1H3. The van der Waals surface area contributed by atoms with Gasteiger partial charge in [0.1, 0.15) is 5.78 Å². The van der Waals surface area contributed by atoms with E-state index in [0.717, 1.165) is 25.7 Å². The predicted molar refractivity (Wildman–Crippen MR) is 58.0 cm³/mol. The fraction of sp³-hybridized carbons (Fsp3) is 0.615. The van der Waals surface area contributed by atoms with Crippen molar-refractivity contribution in [2.75, 3.05) is 0 Å². The van der Waals surface area contributed by atoms with Crippen LogP contribution in [0.1, 0.15) is 39.0 Å². The number of allylic oxidation sites excluding steroid dienone is 4. The molecule has 0 aromatic carbocycles. The lowest BCUT2D eigenvalue weighted by molar-refractivity contribution is -0.127. The van der Waals surface area contributed by atoms with E-state index < -0.39 is 0 Å². The van der Waals surface area contributed by atoms with Crippen molar-refractivity contribution in [3.63, 3.8) is 0 Å². The first-order valence-corrected chi connectivity index (χ1v) is 5.59. The second kappa shape index (κ2) is 3.72. The Kier molecular flexibility index (Phi) is 2.58. The lowest BCUT2D eigenvalue weighted by Crippen LogP contribution is -2.34. The first-order chi connectivity index (χ1) is 6.72. The molecule has 76 valence electrons. The Morgan fingerprint density at radius 3 is 2.86 bits per heavy atom. The van der Waals surface area contributed by atoms with E-state index in [2.05, 4.69) is 31.2 Å². The van der Waals surface area contributed by atoms with Crippen molar-refractivity contribution in [2.24, 2.45) is 11.3 Å². The van der Waals surface area contributed by atoms with E-state index in [0.29, 0.717) is 5.78 Å². The maximum Gasteiger partial charge on any atom is 0.136 e. The minimum Gasteiger partial charge on any atom is -0.299 e. The molecule has 0 aromatic heterocycles. The second-order valence-electron chi connectivity index (χ2n) is 4.76. The van der Waals surface area contributed by atoms with E-state index in [4.69, 9.17) is 0 Å². The van der Waals surface area contributed by atoms with Crippen LogP contribution in [0.4, 0.5) is 0 Å². The molecule has 2 aliphatic rings.